The number of thiophene rings is 1. The van der Waals surface area contributed by atoms with Gasteiger partial charge in [0.15, 0.2) is 0 Å². The molecule has 4 aromatic rings. The maximum Gasteiger partial charge on any atom is 0.417 e. The molecule has 0 spiro atoms. The summed E-state index contributed by atoms with van der Waals surface area (Å²) in [5.41, 5.74) is 1.45. The van der Waals surface area contributed by atoms with Gasteiger partial charge in [-0.05, 0) is 11.6 Å². The van der Waals surface area contributed by atoms with E-state index in [2.05, 4.69) is 15.3 Å². The van der Waals surface area contributed by atoms with Crippen molar-refractivity contribution in [3.63, 3.8) is 0 Å². The fourth-order valence-electron chi connectivity index (χ4n) is 3.01. The summed E-state index contributed by atoms with van der Waals surface area (Å²) in [6.45, 7) is 0.263. The molecule has 2 aromatic heterocycles. The zero-order chi connectivity index (χ0) is 20.4. The molecule has 4 rings (SSSR count). The molecule has 2 aromatic carbocycles. The van der Waals surface area contributed by atoms with Crippen molar-refractivity contribution in [2.45, 2.75) is 12.3 Å². The smallest absolute Gasteiger partial charge is 0.387 e. The molecule has 0 saturated carbocycles. The summed E-state index contributed by atoms with van der Waals surface area (Å²) in [7, 11) is 0. The van der Waals surface area contributed by atoms with Gasteiger partial charge in [-0.15, -0.1) is 11.3 Å². The number of anilines is 1. The Kier molecular flexibility index (Phi) is 5.21. The maximum atomic E-state index is 13.1. The van der Waals surface area contributed by atoms with E-state index in [4.69, 9.17) is 0 Å². The Labute approximate surface area is 168 Å². The number of halogens is 3. The van der Waals surface area contributed by atoms with Crippen molar-refractivity contribution < 1.29 is 18.3 Å². The van der Waals surface area contributed by atoms with Crippen LogP contribution in [0.1, 0.15) is 17.2 Å². The third-order valence-corrected chi connectivity index (χ3v) is 5.45. The number of hydrogen-bond donors (Lipinski definition) is 2. The van der Waals surface area contributed by atoms with Crippen LogP contribution in [0.2, 0.25) is 0 Å². The van der Waals surface area contributed by atoms with Crippen molar-refractivity contribution in [2.24, 2.45) is 0 Å². The first kappa shape index (κ1) is 19.4. The fourth-order valence-corrected chi connectivity index (χ4v) is 4.02. The minimum Gasteiger partial charge on any atom is -0.387 e. The van der Waals surface area contributed by atoms with E-state index < -0.39 is 17.8 Å². The van der Waals surface area contributed by atoms with E-state index in [0.717, 1.165) is 22.3 Å². The van der Waals surface area contributed by atoms with Gasteiger partial charge in [0.05, 0.1) is 17.4 Å². The average Bonchev–Trinajstić information content (AvgIpc) is 3.16. The van der Waals surface area contributed by atoms with Gasteiger partial charge < -0.3 is 10.4 Å². The summed E-state index contributed by atoms with van der Waals surface area (Å²) < 4.78 is 39.7. The van der Waals surface area contributed by atoms with E-state index in [1.54, 1.807) is 18.2 Å². The lowest BCUT2D eigenvalue weighted by Crippen LogP contribution is -2.13. The van der Waals surface area contributed by atoms with E-state index in [1.165, 1.54) is 12.4 Å². The number of aromatic nitrogens is 2. The van der Waals surface area contributed by atoms with Gasteiger partial charge in [0, 0.05) is 33.6 Å². The van der Waals surface area contributed by atoms with E-state index in [0.29, 0.717) is 21.8 Å². The van der Waals surface area contributed by atoms with Crippen molar-refractivity contribution in [3.8, 4) is 11.3 Å². The second kappa shape index (κ2) is 7.81. The predicted molar refractivity (Wildman–Crippen MR) is 108 cm³/mol. The Bertz CT molecular complexity index is 1130. The second-order valence-corrected chi connectivity index (χ2v) is 7.37. The monoisotopic (exact) mass is 415 g/mol. The summed E-state index contributed by atoms with van der Waals surface area (Å²) in [6.07, 6.45) is -3.68. The molecule has 0 saturated heterocycles. The molecule has 148 valence electrons. The zero-order valence-electron chi connectivity index (χ0n) is 15.0. The fraction of sp³-hybridized carbons (Fsp3) is 0.143. The molecule has 2 N–H and O–H groups in total. The number of fused-ring (bicyclic) bond motifs is 1. The average molecular weight is 415 g/mol. The van der Waals surface area contributed by atoms with Crippen molar-refractivity contribution in [1.82, 2.24) is 9.97 Å². The lowest BCUT2D eigenvalue weighted by Gasteiger charge is -2.13. The Morgan fingerprint density at radius 1 is 1.03 bits per heavy atom. The van der Waals surface area contributed by atoms with Crippen LogP contribution >= 0.6 is 11.3 Å². The minimum atomic E-state index is -4.37. The molecule has 0 unspecified atom stereocenters. The molecule has 0 fully saturated rings. The van der Waals surface area contributed by atoms with Crippen LogP contribution in [0.15, 0.2) is 66.3 Å². The highest BCUT2D eigenvalue weighted by molar-refractivity contribution is 7.17. The molecule has 0 radical (unpaired) electrons. The van der Waals surface area contributed by atoms with Gasteiger partial charge in [0.25, 0.3) is 0 Å². The van der Waals surface area contributed by atoms with Crippen molar-refractivity contribution in [2.75, 3.05) is 11.9 Å². The highest BCUT2D eigenvalue weighted by atomic mass is 32.1. The molecule has 0 aliphatic rings. The third-order valence-electron chi connectivity index (χ3n) is 4.50. The first-order valence-electron chi connectivity index (χ1n) is 8.79. The summed E-state index contributed by atoms with van der Waals surface area (Å²) in [5, 5.41) is 14.6. The molecule has 29 heavy (non-hydrogen) atoms. The van der Waals surface area contributed by atoms with Crippen LogP contribution in [-0.4, -0.2) is 21.6 Å². The SMILES string of the molecule is O[C@@H](CNc1cc(-c2ccc3c(C(F)(F)F)csc3c2)ncn1)c1ccccc1. The highest BCUT2D eigenvalue weighted by Crippen LogP contribution is 2.39. The van der Waals surface area contributed by atoms with E-state index in [-0.39, 0.29) is 11.9 Å². The number of hydrogen-bond acceptors (Lipinski definition) is 5. The third kappa shape index (κ3) is 4.23. The van der Waals surface area contributed by atoms with Crippen LogP contribution in [-0.2, 0) is 6.18 Å². The Balaban J connectivity index is 1.54. The largest absolute Gasteiger partial charge is 0.417 e. The van der Waals surface area contributed by atoms with E-state index >= 15 is 0 Å². The molecule has 4 nitrogen and oxygen atoms in total. The van der Waals surface area contributed by atoms with Gasteiger partial charge in [0.2, 0.25) is 0 Å². The molecular weight excluding hydrogens is 399 g/mol. The van der Waals surface area contributed by atoms with Crippen molar-refractivity contribution in [1.29, 1.82) is 0 Å². The van der Waals surface area contributed by atoms with E-state index in [9.17, 15) is 18.3 Å². The van der Waals surface area contributed by atoms with Crippen molar-refractivity contribution in [3.05, 3.63) is 77.4 Å². The molecule has 2 heterocycles. The molecule has 0 aliphatic carbocycles. The Morgan fingerprint density at radius 3 is 2.59 bits per heavy atom. The number of nitrogens with zero attached hydrogens (tertiary/aromatic N) is 2. The summed E-state index contributed by atoms with van der Waals surface area (Å²) >= 11 is 1.05. The number of aliphatic hydroxyl groups excluding tert-OH is 1. The standard InChI is InChI=1S/C21H16F3N3OS/c22-21(23,24)16-11-29-19-8-14(6-7-15(16)19)17-9-20(27-12-26-17)25-10-18(28)13-4-2-1-3-5-13/h1-9,11-12,18,28H,10H2,(H,25,26,27)/t18-/m0/s1. The Hall–Kier alpha value is -2.97. The number of benzene rings is 2. The quantitative estimate of drug-likeness (QED) is 0.450. The van der Waals surface area contributed by atoms with Gasteiger partial charge in [-0.3, -0.25) is 0 Å². The normalized spacial score (nSPS) is 12.8. The van der Waals surface area contributed by atoms with Crippen LogP contribution in [0.5, 0.6) is 0 Å². The molecule has 0 amide bonds. The number of rotatable bonds is 5. The van der Waals surface area contributed by atoms with Crippen LogP contribution in [0, 0.1) is 0 Å². The molecule has 1 atom stereocenters. The first-order valence-corrected chi connectivity index (χ1v) is 9.67. The van der Waals surface area contributed by atoms with Gasteiger partial charge in [-0.1, -0.05) is 42.5 Å². The molecule has 0 bridgehead atoms. The van der Waals surface area contributed by atoms with Crippen LogP contribution < -0.4 is 5.32 Å². The van der Waals surface area contributed by atoms with Crippen LogP contribution in [0.25, 0.3) is 21.3 Å². The lowest BCUT2D eigenvalue weighted by molar-refractivity contribution is -0.136. The predicted octanol–water partition coefficient (Wildman–Crippen LogP) is 5.52. The van der Waals surface area contributed by atoms with Crippen LogP contribution in [0.4, 0.5) is 19.0 Å². The minimum absolute atomic E-state index is 0.185. The van der Waals surface area contributed by atoms with Crippen LogP contribution in [0.3, 0.4) is 0 Å². The van der Waals surface area contributed by atoms with Gasteiger partial charge >= 0.3 is 6.18 Å². The van der Waals surface area contributed by atoms with Crippen molar-refractivity contribution >= 4 is 27.2 Å². The number of nitrogens with one attached hydrogen (secondary N) is 1. The van der Waals surface area contributed by atoms with Gasteiger partial charge in [-0.2, -0.15) is 13.2 Å². The van der Waals surface area contributed by atoms with Gasteiger partial charge in [0.1, 0.15) is 12.1 Å². The van der Waals surface area contributed by atoms with Gasteiger partial charge in [-0.25, -0.2) is 9.97 Å². The topological polar surface area (TPSA) is 58.0 Å². The first-order chi connectivity index (χ1) is 13.9. The second-order valence-electron chi connectivity index (χ2n) is 6.45. The van der Waals surface area contributed by atoms with E-state index in [1.807, 2.05) is 30.3 Å². The summed E-state index contributed by atoms with van der Waals surface area (Å²) in [4.78, 5) is 8.38. The summed E-state index contributed by atoms with van der Waals surface area (Å²) in [6, 6.07) is 15.7. The maximum absolute atomic E-state index is 13.1. The molecular formula is C21H16F3N3OS. The zero-order valence-corrected chi connectivity index (χ0v) is 15.8. The number of aliphatic hydroxyl groups is 1. The lowest BCUT2D eigenvalue weighted by atomic mass is 10.1. The number of alkyl halides is 3. The molecule has 0 aliphatic heterocycles. The summed E-state index contributed by atoms with van der Waals surface area (Å²) in [5.74, 6) is 0.521. The Morgan fingerprint density at radius 2 is 1.83 bits per heavy atom. The highest BCUT2D eigenvalue weighted by Gasteiger charge is 2.33. The molecule has 8 heteroatoms.